The summed E-state index contributed by atoms with van der Waals surface area (Å²) in [4.78, 5) is 7.67. The molecule has 0 aliphatic heterocycles. The molecule has 1 aromatic carbocycles. The molecule has 5 heteroatoms. The van der Waals surface area contributed by atoms with Crippen LogP contribution in [0.2, 0.25) is 0 Å². The van der Waals surface area contributed by atoms with E-state index < -0.39 is 0 Å². The SMILES string of the molecule is CNCCc1ncc(-c2ccc(OC)c(OC)c2)[nH]1. The molecule has 0 saturated heterocycles. The van der Waals surface area contributed by atoms with Gasteiger partial charge >= 0.3 is 0 Å². The maximum Gasteiger partial charge on any atom is 0.161 e. The van der Waals surface area contributed by atoms with Gasteiger partial charge in [0.1, 0.15) is 5.82 Å². The number of hydrogen-bond acceptors (Lipinski definition) is 4. The summed E-state index contributed by atoms with van der Waals surface area (Å²) in [7, 11) is 5.19. The number of rotatable bonds is 6. The zero-order valence-electron chi connectivity index (χ0n) is 11.5. The van der Waals surface area contributed by atoms with E-state index in [1.54, 1.807) is 14.2 Å². The normalized spacial score (nSPS) is 10.5. The summed E-state index contributed by atoms with van der Waals surface area (Å²) < 4.78 is 10.5. The van der Waals surface area contributed by atoms with E-state index in [1.807, 2.05) is 31.4 Å². The zero-order chi connectivity index (χ0) is 13.7. The van der Waals surface area contributed by atoms with Crippen molar-refractivity contribution < 1.29 is 9.47 Å². The van der Waals surface area contributed by atoms with E-state index in [0.717, 1.165) is 35.8 Å². The van der Waals surface area contributed by atoms with Crippen LogP contribution in [-0.2, 0) is 6.42 Å². The van der Waals surface area contributed by atoms with E-state index >= 15 is 0 Å². The summed E-state index contributed by atoms with van der Waals surface area (Å²) >= 11 is 0. The number of imidazole rings is 1. The fraction of sp³-hybridized carbons (Fsp3) is 0.357. The second-order valence-electron chi connectivity index (χ2n) is 4.17. The number of nitrogens with one attached hydrogen (secondary N) is 2. The minimum atomic E-state index is 0.714. The van der Waals surface area contributed by atoms with Gasteiger partial charge < -0.3 is 19.8 Å². The molecule has 2 aromatic rings. The quantitative estimate of drug-likeness (QED) is 0.833. The second-order valence-corrected chi connectivity index (χ2v) is 4.17. The number of aromatic nitrogens is 2. The van der Waals surface area contributed by atoms with Crippen molar-refractivity contribution in [3.63, 3.8) is 0 Å². The van der Waals surface area contributed by atoms with Crippen LogP contribution in [0.1, 0.15) is 5.82 Å². The molecule has 0 aliphatic carbocycles. The summed E-state index contributed by atoms with van der Waals surface area (Å²) in [6.07, 6.45) is 2.72. The molecule has 5 nitrogen and oxygen atoms in total. The van der Waals surface area contributed by atoms with Crippen LogP contribution in [0.3, 0.4) is 0 Å². The fourth-order valence-electron chi connectivity index (χ4n) is 1.88. The van der Waals surface area contributed by atoms with Crippen LogP contribution in [0.5, 0.6) is 11.5 Å². The van der Waals surface area contributed by atoms with Gasteiger partial charge in [-0.05, 0) is 25.2 Å². The van der Waals surface area contributed by atoms with Gasteiger partial charge in [0.2, 0.25) is 0 Å². The lowest BCUT2D eigenvalue weighted by molar-refractivity contribution is 0.355. The van der Waals surface area contributed by atoms with Crippen LogP contribution < -0.4 is 14.8 Å². The molecule has 0 atom stereocenters. The van der Waals surface area contributed by atoms with Gasteiger partial charge in [0, 0.05) is 18.5 Å². The average molecular weight is 261 g/mol. The molecule has 1 aromatic heterocycles. The topological polar surface area (TPSA) is 59.2 Å². The molecular weight excluding hydrogens is 242 g/mol. The third-order valence-electron chi connectivity index (χ3n) is 2.93. The molecule has 0 aliphatic rings. The monoisotopic (exact) mass is 261 g/mol. The summed E-state index contributed by atoms with van der Waals surface area (Å²) in [5.74, 6) is 2.41. The Morgan fingerprint density at radius 3 is 2.68 bits per heavy atom. The molecule has 102 valence electrons. The third-order valence-corrected chi connectivity index (χ3v) is 2.93. The smallest absolute Gasteiger partial charge is 0.161 e. The van der Waals surface area contributed by atoms with Crippen LogP contribution in [0.25, 0.3) is 11.3 Å². The number of H-pyrrole nitrogens is 1. The minimum Gasteiger partial charge on any atom is -0.493 e. The Kier molecular flexibility index (Phi) is 4.41. The number of aromatic amines is 1. The van der Waals surface area contributed by atoms with Gasteiger partial charge in [-0.1, -0.05) is 0 Å². The van der Waals surface area contributed by atoms with Crippen molar-refractivity contribution in [1.82, 2.24) is 15.3 Å². The molecule has 2 N–H and O–H groups in total. The maximum absolute atomic E-state index is 5.30. The Labute approximate surface area is 113 Å². The van der Waals surface area contributed by atoms with Crippen molar-refractivity contribution in [2.45, 2.75) is 6.42 Å². The van der Waals surface area contributed by atoms with Crippen molar-refractivity contribution in [2.24, 2.45) is 0 Å². The van der Waals surface area contributed by atoms with Crippen molar-refractivity contribution in [3.8, 4) is 22.8 Å². The van der Waals surface area contributed by atoms with E-state index in [9.17, 15) is 0 Å². The average Bonchev–Trinajstić information content (AvgIpc) is 2.93. The molecule has 19 heavy (non-hydrogen) atoms. The lowest BCUT2D eigenvalue weighted by Crippen LogP contribution is -2.10. The summed E-state index contributed by atoms with van der Waals surface area (Å²) in [5.41, 5.74) is 2.01. The Morgan fingerprint density at radius 2 is 2.00 bits per heavy atom. The molecule has 2 rings (SSSR count). The van der Waals surface area contributed by atoms with Crippen LogP contribution >= 0.6 is 0 Å². The summed E-state index contributed by atoms with van der Waals surface area (Å²) in [6, 6.07) is 5.81. The van der Waals surface area contributed by atoms with Gasteiger partial charge in [0.15, 0.2) is 11.5 Å². The predicted molar refractivity (Wildman–Crippen MR) is 74.8 cm³/mol. The Hall–Kier alpha value is -2.01. The number of methoxy groups -OCH3 is 2. The Bertz CT molecular complexity index is 537. The van der Waals surface area contributed by atoms with Crippen molar-refractivity contribution in [1.29, 1.82) is 0 Å². The molecule has 0 unspecified atom stereocenters. The third kappa shape index (κ3) is 3.06. The first-order chi connectivity index (χ1) is 9.28. The molecule has 0 radical (unpaired) electrons. The van der Waals surface area contributed by atoms with Crippen LogP contribution in [0.15, 0.2) is 24.4 Å². The van der Waals surface area contributed by atoms with Gasteiger partial charge in [0.25, 0.3) is 0 Å². The molecule has 0 spiro atoms. The van der Waals surface area contributed by atoms with Gasteiger partial charge in [-0.25, -0.2) is 4.98 Å². The highest BCUT2D eigenvalue weighted by molar-refractivity contribution is 5.63. The highest BCUT2D eigenvalue weighted by Crippen LogP contribution is 2.31. The lowest BCUT2D eigenvalue weighted by atomic mass is 10.1. The summed E-state index contributed by atoms with van der Waals surface area (Å²) in [5, 5.41) is 3.10. The predicted octanol–water partition coefficient (Wildman–Crippen LogP) is 1.86. The highest BCUT2D eigenvalue weighted by atomic mass is 16.5. The van der Waals surface area contributed by atoms with Gasteiger partial charge in [-0.3, -0.25) is 0 Å². The number of nitrogens with zero attached hydrogens (tertiary/aromatic N) is 1. The van der Waals surface area contributed by atoms with E-state index in [1.165, 1.54) is 0 Å². The van der Waals surface area contributed by atoms with E-state index in [4.69, 9.17) is 9.47 Å². The standard InChI is InChI=1S/C14H19N3O2/c1-15-7-6-14-16-9-11(17-14)10-4-5-12(18-2)13(8-10)19-3/h4-5,8-9,15H,6-7H2,1-3H3,(H,16,17). The highest BCUT2D eigenvalue weighted by Gasteiger charge is 2.08. The zero-order valence-corrected chi connectivity index (χ0v) is 11.5. The van der Waals surface area contributed by atoms with Crippen molar-refractivity contribution in [2.75, 3.05) is 27.8 Å². The number of ether oxygens (including phenoxy) is 2. The van der Waals surface area contributed by atoms with Gasteiger partial charge in [-0.15, -0.1) is 0 Å². The van der Waals surface area contributed by atoms with Crippen LogP contribution in [0.4, 0.5) is 0 Å². The first-order valence-corrected chi connectivity index (χ1v) is 6.19. The van der Waals surface area contributed by atoms with Gasteiger partial charge in [-0.2, -0.15) is 0 Å². The van der Waals surface area contributed by atoms with E-state index in [2.05, 4.69) is 15.3 Å². The molecular formula is C14H19N3O2. The molecule has 0 amide bonds. The number of benzene rings is 1. The van der Waals surface area contributed by atoms with Gasteiger partial charge in [0.05, 0.1) is 26.1 Å². The first kappa shape index (κ1) is 13.4. The van der Waals surface area contributed by atoms with E-state index in [0.29, 0.717) is 5.75 Å². The summed E-state index contributed by atoms with van der Waals surface area (Å²) in [6.45, 7) is 0.902. The second kappa shape index (κ2) is 6.24. The Balaban J connectivity index is 2.23. The molecule has 0 fully saturated rings. The number of hydrogen-bond donors (Lipinski definition) is 2. The minimum absolute atomic E-state index is 0.714. The molecule has 0 bridgehead atoms. The first-order valence-electron chi connectivity index (χ1n) is 6.19. The largest absolute Gasteiger partial charge is 0.493 e. The molecule has 1 heterocycles. The van der Waals surface area contributed by atoms with Crippen LogP contribution in [0, 0.1) is 0 Å². The molecule has 0 saturated carbocycles. The fourth-order valence-corrected chi connectivity index (χ4v) is 1.88. The van der Waals surface area contributed by atoms with Crippen molar-refractivity contribution >= 4 is 0 Å². The number of likely N-dealkylation sites (N-methyl/N-ethyl adjacent to an activating group) is 1. The van der Waals surface area contributed by atoms with Crippen molar-refractivity contribution in [3.05, 3.63) is 30.2 Å². The Morgan fingerprint density at radius 1 is 1.21 bits per heavy atom. The van der Waals surface area contributed by atoms with Crippen LogP contribution in [-0.4, -0.2) is 37.8 Å². The van der Waals surface area contributed by atoms with E-state index in [-0.39, 0.29) is 0 Å². The maximum atomic E-state index is 5.30. The lowest BCUT2D eigenvalue weighted by Gasteiger charge is -2.08.